The number of aryl methyl sites for hydroxylation is 2. The Hall–Kier alpha value is -2.57. The van der Waals surface area contributed by atoms with Gasteiger partial charge in [0.15, 0.2) is 5.82 Å². The number of ether oxygens (including phenoxy) is 1. The van der Waals surface area contributed by atoms with E-state index < -0.39 is 0 Å². The second-order valence-electron chi connectivity index (χ2n) is 5.20. The zero-order chi connectivity index (χ0) is 16.7. The van der Waals surface area contributed by atoms with E-state index in [1.54, 1.807) is 13.4 Å². The molecule has 124 valence electrons. The molecule has 0 aliphatic rings. The molecule has 7 heteroatoms. The van der Waals surface area contributed by atoms with Crippen LogP contribution >= 0.6 is 0 Å². The highest BCUT2D eigenvalue weighted by Gasteiger charge is 2.06. The van der Waals surface area contributed by atoms with Crippen molar-refractivity contribution in [2.45, 2.75) is 33.4 Å². The van der Waals surface area contributed by atoms with Crippen LogP contribution in [0, 0.1) is 6.92 Å². The minimum atomic E-state index is -0.213. The SMILES string of the molecule is CCn1cnnc1CNC(=O)NCCc1ccc(C)c(OC)c1. The number of methoxy groups -OCH3 is 1. The first-order valence-electron chi connectivity index (χ1n) is 7.66. The van der Waals surface area contributed by atoms with Crippen LogP contribution in [0.5, 0.6) is 5.75 Å². The fraction of sp³-hybridized carbons (Fsp3) is 0.438. The number of urea groups is 1. The second kappa shape index (κ2) is 8.17. The van der Waals surface area contributed by atoms with E-state index in [0.717, 1.165) is 35.7 Å². The number of carbonyl (C=O) groups is 1. The highest BCUT2D eigenvalue weighted by atomic mass is 16.5. The van der Waals surface area contributed by atoms with Crippen LogP contribution in [0.25, 0.3) is 0 Å². The Labute approximate surface area is 136 Å². The highest BCUT2D eigenvalue weighted by Crippen LogP contribution is 2.18. The quantitative estimate of drug-likeness (QED) is 0.814. The predicted molar refractivity (Wildman–Crippen MR) is 87.4 cm³/mol. The Balaban J connectivity index is 1.74. The van der Waals surface area contributed by atoms with Gasteiger partial charge in [0.2, 0.25) is 0 Å². The third kappa shape index (κ3) is 4.70. The standard InChI is InChI=1S/C16H23N5O2/c1-4-21-11-19-20-15(21)10-18-16(22)17-8-7-13-6-5-12(2)14(9-13)23-3/h5-6,9,11H,4,7-8,10H2,1-3H3,(H2,17,18,22). The molecule has 2 rings (SSSR count). The van der Waals surface area contributed by atoms with Crippen molar-refractivity contribution in [1.82, 2.24) is 25.4 Å². The summed E-state index contributed by atoms with van der Waals surface area (Å²) in [5.74, 6) is 1.61. The van der Waals surface area contributed by atoms with Crippen LogP contribution < -0.4 is 15.4 Å². The van der Waals surface area contributed by atoms with Crippen molar-refractivity contribution < 1.29 is 9.53 Å². The number of nitrogens with one attached hydrogen (secondary N) is 2. The molecule has 1 aromatic heterocycles. The van der Waals surface area contributed by atoms with Gasteiger partial charge in [-0.3, -0.25) is 0 Å². The maximum absolute atomic E-state index is 11.8. The van der Waals surface area contributed by atoms with E-state index in [0.29, 0.717) is 13.1 Å². The summed E-state index contributed by atoms with van der Waals surface area (Å²) in [5, 5.41) is 13.4. The summed E-state index contributed by atoms with van der Waals surface area (Å²) >= 11 is 0. The Kier molecular flexibility index (Phi) is 5.96. The molecule has 0 radical (unpaired) electrons. The fourth-order valence-electron chi connectivity index (χ4n) is 2.24. The summed E-state index contributed by atoms with van der Waals surface area (Å²) in [6.45, 7) is 5.70. The Bertz CT molecular complexity index is 654. The van der Waals surface area contributed by atoms with Gasteiger partial charge in [0.05, 0.1) is 13.7 Å². The molecule has 0 unspecified atom stereocenters. The minimum absolute atomic E-state index is 0.213. The Morgan fingerprint density at radius 1 is 1.35 bits per heavy atom. The number of benzene rings is 1. The molecular weight excluding hydrogens is 294 g/mol. The number of hydrogen-bond acceptors (Lipinski definition) is 4. The molecule has 2 N–H and O–H groups in total. The third-order valence-electron chi connectivity index (χ3n) is 3.62. The molecule has 0 saturated heterocycles. The zero-order valence-corrected chi connectivity index (χ0v) is 13.8. The van der Waals surface area contributed by atoms with Gasteiger partial charge < -0.3 is 19.9 Å². The monoisotopic (exact) mass is 317 g/mol. The van der Waals surface area contributed by atoms with E-state index in [4.69, 9.17) is 4.74 Å². The lowest BCUT2D eigenvalue weighted by atomic mass is 10.1. The van der Waals surface area contributed by atoms with E-state index in [9.17, 15) is 4.79 Å². The number of amides is 2. The molecular formula is C16H23N5O2. The Morgan fingerprint density at radius 2 is 2.17 bits per heavy atom. The van der Waals surface area contributed by atoms with Gasteiger partial charge in [0.25, 0.3) is 0 Å². The van der Waals surface area contributed by atoms with Gasteiger partial charge in [-0.1, -0.05) is 12.1 Å². The van der Waals surface area contributed by atoms with Crippen LogP contribution in [0.2, 0.25) is 0 Å². The molecule has 0 fully saturated rings. The van der Waals surface area contributed by atoms with Crippen molar-refractivity contribution in [2.24, 2.45) is 0 Å². The van der Waals surface area contributed by atoms with Gasteiger partial charge in [0, 0.05) is 13.1 Å². The second-order valence-corrected chi connectivity index (χ2v) is 5.20. The molecule has 0 saturated carbocycles. The number of aromatic nitrogens is 3. The van der Waals surface area contributed by atoms with E-state index in [2.05, 4.69) is 20.8 Å². The molecule has 0 aliphatic carbocycles. The summed E-state index contributed by atoms with van der Waals surface area (Å²) in [6, 6.07) is 5.85. The largest absolute Gasteiger partial charge is 0.496 e. The van der Waals surface area contributed by atoms with Crippen LogP contribution in [0.3, 0.4) is 0 Å². The van der Waals surface area contributed by atoms with Gasteiger partial charge >= 0.3 is 6.03 Å². The smallest absolute Gasteiger partial charge is 0.315 e. The van der Waals surface area contributed by atoms with Crippen molar-refractivity contribution in [1.29, 1.82) is 0 Å². The molecule has 23 heavy (non-hydrogen) atoms. The fourth-order valence-corrected chi connectivity index (χ4v) is 2.24. The van der Waals surface area contributed by atoms with Crippen LogP contribution in [0.4, 0.5) is 4.79 Å². The van der Waals surface area contributed by atoms with Crippen molar-refractivity contribution in [2.75, 3.05) is 13.7 Å². The summed E-state index contributed by atoms with van der Waals surface area (Å²) in [6.07, 6.45) is 2.40. The third-order valence-corrected chi connectivity index (χ3v) is 3.62. The molecule has 0 bridgehead atoms. The van der Waals surface area contributed by atoms with E-state index in [-0.39, 0.29) is 6.03 Å². The van der Waals surface area contributed by atoms with E-state index >= 15 is 0 Å². The van der Waals surface area contributed by atoms with Crippen LogP contribution in [0.15, 0.2) is 24.5 Å². The van der Waals surface area contributed by atoms with Crippen LogP contribution in [0.1, 0.15) is 23.9 Å². The maximum atomic E-state index is 11.8. The molecule has 1 heterocycles. The summed E-state index contributed by atoms with van der Waals surface area (Å²) in [7, 11) is 1.66. The topological polar surface area (TPSA) is 81.1 Å². The van der Waals surface area contributed by atoms with Crippen LogP contribution in [-0.4, -0.2) is 34.5 Å². The zero-order valence-electron chi connectivity index (χ0n) is 13.8. The average molecular weight is 317 g/mol. The summed E-state index contributed by atoms with van der Waals surface area (Å²) in [4.78, 5) is 11.8. The van der Waals surface area contributed by atoms with Gasteiger partial charge in [0.1, 0.15) is 12.1 Å². The average Bonchev–Trinajstić information content (AvgIpc) is 3.02. The predicted octanol–water partition coefficient (Wildman–Crippen LogP) is 1.66. The van der Waals surface area contributed by atoms with Gasteiger partial charge in [-0.05, 0) is 37.5 Å². The molecule has 0 spiro atoms. The normalized spacial score (nSPS) is 10.4. The highest BCUT2D eigenvalue weighted by molar-refractivity contribution is 5.73. The van der Waals surface area contributed by atoms with E-state index in [1.165, 1.54) is 0 Å². The molecule has 2 aromatic rings. The van der Waals surface area contributed by atoms with Crippen LogP contribution in [-0.2, 0) is 19.5 Å². The van der Waals surface area contributed by atoms with Crippen molar-refractivity contribution in [3.63, 3.8) is 0 Å². The molecule has 7 nitrogen and oxygen atoms in total. The molecule has 2 amide bonds. The first-order chi connectivity index (χ1) is 11.1. The van der Waals surface area contributed by atoms with Crippen molar-refractivity contribution in [3.8, 4) is 5.75 Å². The molecule has 1 aromatic carbocycles. The van der Waals surface area contributed by atoms with Crippen molar-refractivity contribution in [3.05, 3.63) is 41.5 Å². The lowest BCUT2D eigenvalue weighted by molar-refractivity contribution is 0.240. The number of rotatable bonds is 7. The van der Waals surface area contributed by atoms with E-state index in [1.807, 2.05) is 36.6 Å². The Morgan fingerprint density at radius 3 is 2.91 bits per heavy atom. The number of nitrogens with zero attached hydrogens (tertiary/aromatic N) is 3. The first-order valence-corrected chi connectivity index (χ1v) is 7.66. The van der Waals surface area contributed by atoms with Gasteiger partial charge in [-0.15, -0.1) is 10.2 Å². The van der Waals surface area contributed by atoms with Crippen molar-refractivity contribution >= 4 is 6.03 Å². The minimum Gasteiger partial charge on any atom is -0.496 e. The maximum Gasteiger partial charge on any atom is 0.315 e. The number of hydrogen-bond donors (Lipinski definition) is 2. The lowest BCUT2D eigenvalue weighted by Crippen LogP contribution is -2.36. The summed E-state index contributed by atoms with van der Waals surface area (Å²) in [5.41, 5.74) is 2.22. The molecule has 0 aliphatic heterocycles. The molecule has 0 atom stereocenters. The van der Waals surface area contributed by atoms with Gasteiger partial charge in [-0.2, -0.15) is 0 Å². The summed E-state index contributed by atoms with van der Waals surface area (Å²) < 4.78 is 7.19. The number of carbonyl (C=O) groups excluding carboxylic acids is 1. The first kappa shape index (κ1) is 16.8. The van der Waals surface area contributed by atoms with Gasteiger partial charge in [-0.25, -0.2) is 4.79 Å². The lowest BCUT2D eigenvalue weighted by Gasteiger charge is -2.10.